The van der Waals surface area contributed by atoms with Gasteiger partial charge < -0.3 is 5.32 Å². The van der Waals surface area contributed by atoms with Crippen LogP contribution in [0.3, 0.4) is 0 Å². The molecule has 3 nitrogen and oxygen atoms in total. The van der Waals surface area contributed by atoms with Gasteiger partial charge in [0.15, 0.2) is 0 Å². The van der Waals surface area contributed by atoms with Crippen LogP contribution >= 0.6 is 15.9 Å². The van der Waals surface area contributed by atoms with Gasteiger partial charge in [0.1, 0.15) is 0 Å². The maximum atomic E-state index is 4.50. The Bertz CT molecular complexity index is 698. The van der Waals surface area contributed by atoms with Gasteiger partial charge in [-0.2, -0.15) is 0 Å². The molecular weight excluding hydrogens is 302 g/mol. The first-order chi connectivity index (χ1) is 9.33. The first-order valence-corrected chi connectivity index (χ1v) is 6.81. The predicted molar refractivity (Wildman–Crippen MR) is 81.0 cm³/mol. The van der Waals surface area contributed by atoms with Gasteiger partial charge >= 0.3 is 0 Å². The number of halogens is 1. The van der Waals surface area contributed by atoms with E-state index in [9.17, 15) is 0 Å². The first-order valence-electron chi connectivity index (χ1n) is 6.02. The topological polar surface area (TPSA) is 37.8 Å². The van der Waals surface area contributed by atoms with E-state index in [1.807, 2.05) is 42.6 Å². The molecule has 0 spiro atoms. The lowest BCUT2D eigenvalue weighted by molar-refractivity contribution is 1.07. The summed E-state index contributed by atoms with van der Waals surface area (Å²) < 4.78 is 1.01. The fourth-order valence-corrected chi connectivity index (χ4v) is 2.34. The molecule has 1 N–H and O–H groups in total. The quantitative estimate of drug-likeness (QED) is 0.794. The van der Waals surface area contributed by atoms with Crippen molar-refractivity contribution in [1.82, 2.24) is 9.97 Å². The van der Waals surface area contributed by atoms with E-state index in [1.54, 1.807) is 0 Å². The Morgan fingerprint density at radius 3 is 2.68 bits per heavy atom. The summed E-state index contributed by atoms with van der Waals surface area (Å²) in [6.07, 6.45) is 1.83. The molecule has 0 unspecified atom stereocenters. The van der Waals surface area contributed by atoms with Gasteiger partial charge in [0.2, 0.25) is 5.95 Å². The zero-order valence-corrected chi connectivity index (χ0v) is 11.8. The van der Waals surface area contributed by atoms with E-state index >= 15 is 0 Å². The highest BCUT2D eigenvalue weighted by atomic mass is 79.9. The molecule has 0 saturated carbocycles. The van der Waals surface area contributed by atoms with Crippen molar-refractivity contribution >= 4 is 32.8 Å². The van der Waals surface area contributed by atoms with Crippen LogP contribution in [0.2, 0.25) is 0 Å². The molecule has 0 saturated heterocycles. The second-order valence-electron chi connectivity index (χ2n) is 4.21. The molecule has 0 atom stereocenters. The lowest BCUT2D eigenvalue weighted by Crippen LogP contribution is -2.03. The number of hydrogen-bond donors (Lipinski definition) is 1. The van der Waals surface area contributed by atoms with Crippen LogP contribution in [0.1, 0.15) is 5.56 Å². The van der Waals surface area contributed by atoms with Crippen LogP contribution in [0.5, 0.6) is 0 Å². The second kappa shape index (κ2) is 5.36. The SMILES string of the molecule is Brc1cccc2nc(NCc3ccccc3)ncc12. The zero-order valence-electron chi connectivity index (χ0n) is 10.2. The third kappa shape index (κ3) is 2.74. The minimum absolute atomic E-state index is 0.648. The van der Waals surface area contributed by atoms with Gasteiger partial charge in [-0.25, -0.2) is 9.97 Å². The van der Waals surface area contributed by atoms with Crippen molar-refractivity contribution in [2.75, 3.05) is 5.32 Å². The Morgan fingerprint density at radius 2 is 1.84 bits per heavy atom. The summed E-state index contributed by atoms with van der Waals surface area (Å²) in [6, 6.07) is 16.1. The lowest BCUT2D eigenvalue weighted by Gasteiger charge is -2.06. The lowest BCUT2D eigenvalue weighted by atomic mass is 10.2. The molecule has 0 radical (unpaired) electrons. The van der Waals surface area contributed by atoms with Gasteiger partial charge in [0, 0.05) is 22.6 Å². The standard InChI is InChI=1S/C15H12BrN3/c16-13-7-4-8-14-12(13)10-18-15(19-14)17-9-11-5-2-1-3-6-11/h1-8,10H,9H2,(H,17,18,19). The molecule has 4 heteroatoms. The summed E-state index contributed by atoms with van der Waals surface area (Å²) in [5.41, 5.74) is 2.14. The maximum absolute atomic E-state index is 4.50. The van der Waals surface area contributed by atoms with Gasteiger partial charge in [-0.05, 0) is 17.7 Å². The van der Waals surface area contributed by atoms with Crippen molar-refractivity contribution in [2.24, 2.45) is 0 Å². The van der Waals surface area contributed by atoms with Gasteiger partial charge in [0.05, 0.1) is 5.52 Å². The number of rotatable bonds is 3. The highest BCUT2D eigenvalue weighted by Gasteiger charge is 2.02. The Balaban J connectivity index is 1.82. The number of hydrogen-bond acceptors (Lipinski definition) is 3. The molecule has 3 aromatic rings. The van der Waals surface area contributed by atoms with Crippen LogP contribution in [0.15, 0.2) is 59.2 Å². The molecule has 0 amide bonds. The number of nitrogens with one attached hydrogen (secondary N) is 1. The highest BCUT2D eigenvalue weighted by Crippen LogP contribution is 2.22. The third-order valence-electron chi connectivity index (χ3n) is 2.87. The second-order valence-corrected chi connectivity index (χ2v) is 5.06. The van der Waals surface area contributed by atoms with Gasteiger partial charge in [-0.3, -0.25) is 0 Å². The van der Waals surface area contributed by atoms with E-state index in [1.165, 1.54) is 5.56 Å². The average molecular weight is 314 g/mol. The van der Waals surface area contributed by atoms with Crippen LogP contribution in [-0.2, 0) is 6.54 Å². The van der Waals surface area contributed by atoms with Gasteiger partial charge in [0.25, 0.3) is 0 Å². The third-order valence-corrected chi connectivity index (χ3v) is 3.56. The summed E-state index contributed by atoms with van der Waals surface area (Å²) in [5.74, 6) is 0.648. The van der Waals surface area contributed by atoms with Crippen LogP contribution in [0, 0.1) is 0 Å². The van der Waals surface area contributed by atoms with Crippen molar-refractivity contribution in [2.45, 2.75) is 6.54 Å². The number of anilines is 1. The van der Waals surface area contributed by atoms with Crippen molar-refractivity contribution < 1.29 is 0 Å². The molecule has 0 fully saturated rings. The number of fused-ring (bicyclic) bond motifs is 1. The van der Waals surface area contributed by atoms with Crippen LogP contribution in [-0.4, -0.2) is 9.97 Å². The number of aromatic nitrogens is 2. The molecule has 94 valence electrons. The van der Waals surface area contributed by atoms with E-state index in [-0.39, 0.29) is 0 Å². The fraction of sp³-hybridized carbons (Fsp3) is 0.0667. The smallest absolute Gasteiger partial charge is 0.223 e. The van der Waals surface area contributed by atoms with Crippen molar-refractivity contribution in [3.05, 3.63) is 64.8 Å². The normalized spacial score (nSPS) is 10.6. The molecular formula is C15H12BrN3. The Morgan fingerprint density at radius 1 is 1.00 bits per heavy atom. The van der Waals surface area contributed by atoms with E-state index in [0.29, 0.717) is 5.95 Å². The molecule has 3 rings (SSSR count). The number of nitrogens with zero attached hydrogens (tertiary/aromatic N) is 2. The number of benzene rings is 2. The monoisotopic (exact) mass is 313 g/mol. The Kier molecular flexibility index (Phi) is 3.42. The van der Waals surface area contributed by atoms with E-state index in [2.05, 4.69) is 43.3 Å². The molecule has 0 aliphatic carbocycles. The molecule has 0 bridgehead atoms. The average Bonchev–Trinajstić information content (AvgIpc) is 2.46. The minimum atomic E-state index is 0.648. The summed E-state index contributed by atoms with van der Waals surface area (Å²) in [7, 11) is 0. The van der Waals surface area contributed by atoms with Crippen LogP contribution < -0.4 is 5.32 Å². The van der Waals surface area contributed by atoms with Crippen molar-refractivity contribution in [1.29, 1.82) is 0 Å². The summed E-state index contributed by atoms with van der Waals surface area (Å²) in [6.45, 7) is 0.723. The fourth-order valence-electron chi connectivity index (χ4n) is 1.88. The van der Waals surface area contributed by atoms with E-state index in [4.69, 9.17) is 0 Å². The largest absolute Gasteiger partial charge is 0.350 e. The van der Waals surface area contributed by atoms with Crippen molar-refractivity contribution in [3.63, 3.8) is 0 Å². The molecule has 1 heterocycles. The Labute approximate surface area is 119 Å². The summed E-state index contributed by atoms with van der Waals surface area (Å²) >= 11 is 3.50. The summed E-state index contributed by atoms with van der Waals surface area (Å²) in [4.78, 5) is 8.83. The van der Waals surface area contributed by atoms with Crippen LogP contribution in [0.25, 0.3) is 10.9 Å². The highest BCUT2D eigenvalue weighted by molar-refractivity contribution is 9.10. The zero-order chi connectivity index (χ0) is 13.1. The summed E-state index contributed by atoms with van der Waals surface area (Å²) in [5, 5.41) is 4.26. The minimum Gasteiger partial charge on any atom is -0.350 e. The van der Waals surface area contributed by atoms with E-state index < -0.39 is 0 Å². The first kappa shape index (κ1) is 12.1. The predicted octanol–water partition coefficient (Wildman–Crippen LogP) is 4.00. The molecule has 0 aliphatic heterocycles. The van der Waals surface area contributed by atoms with Gasteiger partial charge in [-0.1, -0.05) is 52.3 Å². The van der Waals surface area contributed by atoms with Crippen molar-refractivity contribution in [3.8, 4) is 0 Å². The molecule has 1 aromatic heterocycles. The molecule has 19 heavy (non-hydrogen) atoms. The molecule has 2 aromatic carbocycles. The van der Waals surface area contributed by atoms with E-state index in [0.717, 1.165) is 21.9 Å². The Hall–Kier alpha value is -1.94. The molecule has 0 aliphatic rings. The van der Waals surface area contributed by atoms with Gasteiger partial charge in [-0.15, -0.1) is 0 Å². The maximum Gasteiger partial charge on any atom is 0.223 e. The van der Waals surface area contributed by atoms with Crippen LogP contribution in [0.4, 0.5) is 5.95 Å².